The summed E-state index contributed by atoms with van der Waals surface area (Å²) >= 11 is 0. The molecule has 0 heterocycles. The predicted molar refractivity (Wildman–Crippen MR) is 149 cm³/mol. The van der Waals surface area contributed by atoms with E-state index in [0.29, 0.717) is 11.5 Å². The monoisotopic (exact) mass is 550 g/mol. The van der Waals surface area contributed by atoms with Gasteiger partial charge in [0, 0.05) is 5.56 Å². The summed E-state index contributed by atoms with van der Waals surface area (Å²) in [5, 5.41) is -0.0959. The van der Waals surface area contributed by atoms with Gasteiger partial charge in [0.05, 0.1) is 38.3 Å². The van der Waals surface area contributed by atoms with Gasteiger partial charge >= 0.3 is 0 Å². The Balaban J connectivity index is 2.07. The molecule has 2 aromatic carbocycles. The second-order valence-electron chi connectivity index (χ2n) is 11.4. The van der Waals surface area contributed by atoms with Crippen LogP contribution in [0.1, 0.15) is 55.5 Å². The number of hydrogen-bond acceptors (Lipinski definition) is 6. The summed E-state index contributed by atoms with van der Waals surface area (Å²) in [5.41, 5.74) is 4.13. The lowest BCUT2D eigenvalue weighted by Gasteiger charge is -2.42. The van der Waals surface area contributed by atoms with Crippen LogP contribution >= 0.6 is 0 Å². The lowest BCUT2D eigenvalue weighted by molar-refractivity contribution is -0.0711. The van der Waals surface area contributed by atoms with Gasteiger partial charge in [0.2, 0.25) is 0 Å². The van der Waals surface area contributed by atoms with Crippen molar-refractivity contribution in [1.82, 2.24) is 0 Å². The molecule has 206 valence electrons. The second kappa shape index (κ2) is 11.5. The average molecular weight is 551 g/mol. The molecule has 0 spiro atoms. The molecule has 0 radical (unpaired) electrons. The molecule has 3 rings (SSSR count). The lowest BCUT2D eigenvalue weighted by atomic mass is 9.99. The van der Waals surface area contributed by atoms with Crippen molar-refractivity contribution in [3.05, 3.63) is 58.7 Å². The van der Waals surface area contributed by atoms with Crippen molar-refractivity contribution in [2.45, 2.75) is 83.4 Å². The molecule has 0 saturated carbocycles. The third-order valence-corrected chi connectivity index (χ3v) is 12.9. The fourth-order valence-corrected chi connectivity index (χ4v) is 6.35. The van der Waals surface area contributed by atoms with Gasteiger partial charge in [0.15, 0.2) is 8.32 Å². The van der Waals surface area contributed by atoms with Crippen LogP contribution in [-0.2, 0) is 32.1 Å². The Morgan fingerprint density at radius 3 is 1.97 bits per heavy atom. The molecule has 1 N–H and O–H groups in total. The third kappa shape index (κ3) is 7.35. The summed E-state index contributed by atoms with van der Waals surface area (Å²) in [4.78, 5) is 0. The van der Waals surface area contributed by atoms with Crippen LogP contribution in [0.25, 0.3) is 0 Å². The van der Waals surface area contributed by atoms with Gasteiger partial charge in [0.1, 0.15) is 11.5 Å². The smallest absolute Gasteiger partial charge is 0.264 e. The average Bonchev–Trinajstić information content (AvgIpc) is 3.22. The van der Waals surface area contributed by atoms with Crippen LogP contribution in [0.5, 0.6) is 11.5 Å². The van der Waals surface area contributed by atoms with Crippen LogP contribution < -0.4 is 9.47 Å². The first kappa shape index (κ1) is 29.6. The molecule has 9 heteroatoms. The number of fused-ring (bicyclic) bond motifs is 1. The Morgan fingerprint density at radius 1 is 1.03 bits per heavy atom. The zero-order valence-corrected chi connectivity index (χ0v) is 25.1. The van der Waals surface area contributed by atoms with E-state index in [1.807, 2.05) is 31.2 Å². The van der Waals surface area contributed by atoms with E-state index in [-0.39, 0.29) is 17.6 Å². The third-order valence-electron chi connectivity index (χ3n) is 7.71. The summed E-state index contributed by atoms with van der Waals surface area (Å²) in [6.07, 6.45) is 0.243. The van der Waals surface area contributed by atoms with Crippen molar-refractivity contribution in [2.75, 3.05) is 20.0 Å². The van der Waals surface area contributed by atoms with E-state index in [9.17, 15) is 13.0 Å². The standard InChI is InChI=1S/C28H42O7SSi/c1-19-25(32-5)17-22(18-26(19)33-6)27(35-37(7,8)28(2,3)4)24(13-14-36(29,30)31)34-23-15-20-11-9-10-12-21(20)16-23/h9-12,17-18,23-24,27H,13-16H2,1-8H3,(H,29,30,31)/t24-,27+/m0/s1. The second-order valence-corrected chi connectivity index (χ2v) is 17.7. The molecule has 0 fully saturated rings. The maximum atomic E-state index is 11.8. The van der Waals surface area contributed by atoms with Crippen LogP contribution in [0.2, 0.25) is 18.1 Å². The highest BCUT2D eigenvalue weighted by atomic mass is 32.2. The molecular formula is C28H42O7SSi. The van der Waals surface area contributed by atoms with E-state index in [4.69, 9.17) is 18.6 Å². The van der Waals surface area contributed by atoms with Crippen LogP contribution in [-0.4, -0.2) is 53.5 Å². The van der Waals surface area contributed by atoms with Gasteiger partial charge in [-0.15, -0.1) is 0 Å². The molecule has 0 amide bonds. The minimum Gasteiger partial charge on any atom is -0.496 e. The maximum Gasteiger partial charge on any atom is 0.264 e. The van der Waals surface area contributed by atoms with Crippen LogP contribution in [0, 0.1) is 6.92 Å². The van der Waals surface area contributed by atoms with Gasteiger partial charge in [-0.2, -0.15) is 8.42 Å². The Labute approximate surface area is 223 Å². The summed E-state index contributed by atoms with van der Waals surface area (Å²) < 4.78 is 58.2. The van der Waals surface area contributed by atoms with Gasteiger partial charge in [-0.1, -0.05) is 45.0 Å². The minimum atomic E-state index is -4.20. The molecule has 0 aliphatic heterocycles. The molecule has 37 heavy (non-hydrogen) atoms. The van der Waals surface area contributed by atoms with E-state index in [2.05, 4.69) is 46.0 Å². The fourth-order valence-electron chi connectivity index (χ4n) is 4.54. The van der Waals surface area contributed by atoms with Gasteiger partial charge in [-0.05, 0) is 73.1 Å². The van der Waals surface area contributed by atoms with E-state index < -0.39 is 36.4 Å². The maximum absolute atomic E-state index is 11.8. The number of rotatable bonds is 11. The van der Waals surface area contributed by atoms with Gasteiger partial charge in [-0.25, -0.2) is 0 Å². The van der Waals surface area contributed by atoms with E-state index in [1.54, 1.807) is 14.2 Å². The molecule has 1 aliphatic rings. The molecule has 0 aromatic heterocycles. The quantitative estimate of drug-likeness (QED) is 0.275. The van der Waals surface area contributed by atoms with Crippen molar-refractivity contribution in [3.63, 3.8) is 0 Å². The van der Waals surface area contributed by atoms with E-state index in [1.165, 1.54) is 11.1 Å². The first-order chi connectivity index (χ1) is 17.1. The van der Waals surface area contributed by atoms with Crippen molar-refractivity contribution in [1.29, 1.82) is 0 Å². The lowest BCUT2D eigenvalue weighted by Crippen LogP contribution is -2.45. The topological polar surface area (TPSA) is 91.3 Å². The molecule has 0 saturated heterocycles. The Hall–Kier alpha value is -1.91. The van der Waals surface area contributed by atoms with Crippen molar-refractivity contribution >= 4 is 18.4 Å². The Bertz CT molecular complexity index is 1140. The summed E-state index contributed by atoms with van der Waals surface area (Å²) in [6, 6.07) is 12.1. The molecule has 2 aromatic rings. The number of ether oxygens (including phenoxy) is 3. The largest absolute Gasteiger partial charge is 0.496 e. The highest BCUT2D eigenvalue weighted by molar-refractivity contribution is 7.85. The summed E-state index contributed by atoms with van der Waals surface area (Å²) in [7, 11) is -3.33. The number of benzene rings is 2. The highest BCUT2D eigenvalue weighted by Crippen LogP contribution is 2.44. The zero-order valence-electron chi connectivity index (χ0n) is 23.3. The van der Waals surface area contributed by atoms with Gasteiger partial charge in [0.25, 0.3) is 10.1 Å². The molecule has 0 bridgehead atoms. The van der Waals surface area contributed by atoms with Crippen molar-refractivity contribution in [3.8, 4) is 11.5 Å². The molecular weight excluding hydrogens is 508 g/mol. The van der Waals surface area contributed by atoms with Crippen LogP contribution in [0.15, 0.2) is 36.4 Å². The van der Waals surface area contributed by atoms with Crippen LogP contribution in [0.4, 0.5) is 0 Å². The Kier molecular flexibility index (Phi) is 9.17. The van der Waals surface area contributed by atoms with Gasteiger partial charge in [-0.3, -0.25) is 4.55 Å². The summed E-state index contributed by atoms with van der Waals surface area (Å²) in [5.74, 6) is 0.884. The normalized spacial score (nSPS) is 16.4. The summed E-state index contributed by atoms with van der Waals surface area (Å²) in [6.45, 7) is 12.7. The number of methoxy groups -OCH3 is 2. The van der Waals surface area contributed by atoms with Crippen molar-refractivity contribution < 1.29 is 31.6 Å². The van der Waals surface area contributed by atoms with Crippen molar-refractivity contribution in [2.24, 2.45) is 0 Å². The van der Waals surface area contributed by atoms with E-state index in [0.717, 1.165) is 24.0 Å². The van der Waals surface area contributed by atoms with Gasteiger partial charge < -0.3 is 18.6 Å². The highest BCUT2D eigenvalue weighted by Gasteiger charge is 2.43. The Morgan fingerprint density at radius 2 is 1.54 bits per heavy atom. The molecule has 0 unspecified atom stereocenters. The first-order valence-electron chi connectivity index (χ1n) is 12.7. The molecule has 1 aliphatic carbocycles. The van der Waals surface area contributed by atoms with Crippen LogP contribution in [0.3, 0.4) is 0 Å². The zero-order chi connectivity index (χ0) is 27.6. The SMILES string of the molecule is COc1cc([C@@H](O[Si](C)(C)C(C)(C)C)[C@H](CCS(=O)(=O)O)OC2Cc3ccccc3C2)cc(OC)c1C. The van der Waals surface area contributed by atoms with E-state index >= 15 is 0 Å². The molecule has 7 nitrogen and oxygen atoms in total. The predicted octanol–water partition coefficient (Wildman–Crippen LogP) is 5.91. The first-order valence-corrected chi connectivity index (χ1v) is 17.2. The molecule has 2 atom stereocenters. The minimum absolute atomic E-state index is 0.0868. The number of hydrogen-bond donors (Lipinski definition) is 1. The fraction of sp³-hybridized carbons (Fsp3) is 0.571.